The van der Waals surface area contributed by atoms with Gasteiger partial charge < -0.3 is 20.7 Å². The van der Waals surface area contributed by atoms with E-state index in [1.807, 2.05) is 24.3 Å². The van der Waals surface area contributed by atoms with Crippen molar-refractivity contribution >= 4 is 11.8 Å². The third kappa shape index (κ3) is 5.25. The summed E-state index contributed by atoms with van der Waals surface area (Å²) in [4.78, 5) is 24.1. The quantitative estimate of drug-likeness (QED) is 0.639. The van der Waals surface area contributed by atoms with Gasteiger partial charge in [0, 0.05) is 18.6 Å². The monoisotopic (exact) mass is 385 g/mol. The van der Waals surface area contributed by atoms with E-state index in [9.17, 15) is 9.59 Å². The number of nitrogens with one attached hydrogen (secondary N) is 3. The van der Waals surface area contributed by atoms with E-state index in [1.165, 1.54) is 25.7 Å². The Kier molecular flexibility index (Phi) is 6.15. The van der Waals surface area contributed by atoms with Gasteiger partial charge in [0.25, 0.3) is 5.91 Å². The molecule has 1 saturated heterocycles. The molecule has 2 aliphatic carbocycles. The smallest absolute Gasteiger partial charge is 0.258 e. The number of amides is 2. The summed E-state index contributed by atoms with van der Waals surface area (Å²) in [5.74, 6) is 1.45. The topological polar surface area (TPSA) is 79.5 Å². The molecule has 0 aromatic heterocycles. The molecule has 3 fully saturated rings. The van der Waals surface area contributed by atoms with Crippen LogP contribution in [0.15, 0.2) is 24.3 Å². The number of rotatable bonds is 8. The van der Waals surface area contributed by atoms with Crippen molar-refractivity contribution in [3.63, 3.8) is 0 Å². The van der Waals surface area contributed by atoms with Gasteiger partial charge in [-0.25, -0.2) is 0 Å². The highest BCUT2D eigenvalue weighted by Crippen LogP contribution is 2.33. The van der Waals surface area contributed by atoms with Crippen molar-refractivity contribution in [3.05, 3.63) is 29.8 Å². The highest BCUT2D eigenvalue weighted by Gasteiger charge is 2.37. The molecule has 1 heterocycles. The van der Waals surface area contributed by atoms with E-state index in [0.29, 0.717) is 30.3 Å². The molecule has 3 aliphatic rings. The first-order chi connectivity index (χ1) is 13.7. The Morgan fingerprint density at radius 2 is 1.86 bits per heavy atom. The van der Waals surface area contributed by atoms with E-state index < -0.39 is 0 Å². The SMILES string of the molecule is O=C(COc1ccc(CCNC(=O)C2CC3CCCCC3N2)cc1)NC1CC1. The molecular weight excluding hydrogens is 354 g/mol. The van der Waals surface area contributed by atoms with Gasteiger partial charge >= 0.3 is 0 Å². The lowest BCUT2D eigenvalue weighted by Gasteiger charge is -2.24. The number of carbonyl (C=O) groups is 2. The van der Waals surface area contributed by atoms with Crippen LogP contribution in [0, 0.1) is 5.92 Å². The highest BCUT2D eigenvalue weighted by atomic mass is 16.5. The molecule has 6 nitrogen and oxygen atoms in total. The Balaban J connectivity index is 1.14. The summed E-state index contributed by atoms with van der Waals surface area (Å²) in [6, 6.07) is 8.62. The normalized spacial score (nSPS) is 26.4. The maximum absolute atomic E-state index is 12.4. The zero-order chi connectivity index (χ0) is 19.3. The van der Waals surface area contributed by atoms with Crippen LogP contribution in [0.5, 0.6) is 5.75 Å². The van der Waals surface area contributed by atoms with Gasteiger partial charge in [-0.2, -0.15) is 0 Å². The zero-order valence-corrected chi connectivity index (χ0v) is 16.4. The molecule has 1 aromatic carbocycles. The molecule has 152 valence electrons. The largest absolute Gasteiger partial charge is 0.484 e. The van der Waals surface area contributed by atoms with Gasteiger partial charge in [-0.1, -0.05) is 25.0 Å². The Labute approximate surface area is 166 Å². The Morgan fingerprint density at radius 1 is 1.07 bits per heavy atom. The molecule has 4 rings (SSSR count). The number of hydrogen-bond acceptors (Lipinski definition) is 4. The van der Waals surface area contributed by atoms with Crippen molar-refractivity contribution in [1.82, 2.24) is 16.0 Å². The summed E-state index contributed by atoms with van der Waals surface area (Å²) in [5, 5.41) is 9.51. The molecule has 0 bridgehead atoms. The number of benzene rings is 1. The molecule has 1 aliphatic heterocycles. The van der Waals surface area contributed by atoms with Crippen molar-refractivity contribution in [2.45, 2.75) is 69.5 Å². The molecule has 3 N–H and O–H groups in total. The standard InChI is InChI=1S/C22H31N3O3/c26-21(24-17-7-8-17)14-28-18-9-5-15(6-10-18)11-12-23-22(27)20-13-16-3-1-2-4-19(16)25-20/h5-6,9-10,16-17,19-20,25H,1-4,7-8,11-14H2,(H,23,27)(H,24,26). The van der Waals surface area contributed by atoms with Crippen molar-refractivity contribution in [2.24, 2.45) is 5.92 Å². The number of ether oxygens (including phenoxy) is 1. The van der Waals surface area contributed by atoms with Gasteiger partial charge in [-0.05, 0) is 62.1 Å². The molecule has 28 heavy (non-hydrogen) atoms. The minimum Gasteiger partial charge on any atom is -0.484 e. The third-order valence-corrected chi connectivity index (χ3v) is 6.13. The fourth-order valence-corrected chi connectivity index (χ4v) is 4.37. The van der Waals surface area contributed by atoms with Crippen LogP contribution in [0.2, 0.25) is 0 Å². The molecule has 3 unspecified atom stereocenters. The third-order valence-electron chi connectivity index (χ3n) is 6.13. The Morgan fingerprint density at radius 3 is 2.61 bits per heavy atom. The summed E-state index contributed by atoms with van der Waals surface area (Å²) < 4.78 is 5.52. The molecular formula is C22H31N3O3. The van der Waals surface area contributed by atoms with Crippen LogP contribution < -0.4 is 20.7 Å². The number of fused-ring (bicyclic) bond motifs is 1. The van der Waals surface area contributed by atoms with Crippen LogP contribution in [-0.4, -0.2) is 43.1 Å². The van der Waals surface area contributed by atoms with Gasteiger partial charge in [0.15, 0.2) is 6.61 Å². The summed E-state index contributed by atoms with van der Waals surface area (Å²) in [5.41, 5.74) is 1.14. The minimum atomic E-state index is -0.0605. The predicted octanol–water partition coefficient (Wildman–Crippen LogP) is 1.92. The van der Waals surface area contributed by atoms with E-state index in [0.717, 1.165) is 31.2 Å². The van der Waals surface area contributed by atoms with E-state index in [-0.39, 0.29) is 24.5 Å². The molecule has 0 radical (unpaired) electrons. The first kappa shape index (κ1) is 19.2. The van der Waals surface area contributed by atoms with Crippen LogP contribution >= 0.6 is 0 Å². The molecule has 6 heteroatoms. The lowest BCUT2D eigenvalue weighted by atomic mass is 9.85. The van der Waals surface area contributed by atoms with Crippen molar-refractivity contribution in [1.29, 1.82) is 0 Å². The maximum Gasteiger partial charge on any atom is 0.258 e. The lowest BCUT2D eigenvalue weighted by Crippen LogP contribution is -2.43. The van der Waals surface area contributed by atoms with Crippen molar-refractivity contribution in [3.8, 4) is 5.75 Å². The van der Waals surface area contributed by atoms with E-state index in [1.54, 1.807) is 0 Å². The average molecular weight is 386 g/mol. The first-order valence-electron chi connectivity index (χ1n) is 10.7. The molecule has 3 atom stereocenters. The summed E-state index contributed by atoms with van der Waals surface area (Å²) in [7, 11) is 0. The molecule has 2 saturated carbocycles. The van der Waals surface area contributed by atoms with E-state index in [2.05, 4.69) is 16.0 Å². The van der Waals surface area contributed by atoms with Gasteiger partial charge in [0.05, 0.1) is 6.04 Å². The van der Waals surface area contributed by atoms with Gasteiger partial charge in [-0.3, -0.25) is 9.59 Å². The van der Waals surface area contributed by atoms with Crippen LogP contribution in [0.1, 0.15) is 50.5 Å². The van der Waals surface area contributed by atoms with Crippen LogP contribution in [-0.2, 0) is 16.0 Å². The summed E-state index contributed by atoms with van der Waals surface area (Å²) in [6.45, 7) is 0.693. The van der Waals surface area contributed by atoms with Gasteiger partial charge in [0.2, 0.25) is 5.91 Å². The fourth-order valence-electron chi connectivity index (χ4n) is 4.37. The second-order valence-corrected chi connectivity index (χ2v) is 8.42. The first-order valence-corrected chi connectivity index (χ1v) is 10.7. The van der Waals surface area contributed by atoms with Crippen molar-refractivity contribution in [2.75, 3.05) is 13.2 Å². The number of carbonyl (C=O) groups excluding carboxylic acids is 2. The molecule has 0 spiro atoms. The number of hydrogen-bond donors (Lipinski definition) is 3. The Hall–Kier alpha value is -2.08. The predicted molar refractivity (Wildman–Crippen MR) is 107 cm³/mol. The minimum absolute atomic E-state index is 0.0225. The van der Waals surface area contributed by atoms with E-state index >= 15 is 0 Å². The maximum atomic E-state index is 12.4. The zero-order valence-electron chi connectivity index (χ0n) is 16.4. The average Bonchev–Trinajstić information content (AvgIpc) is 3.41. The van der Waals surface area contributed by atoms with Crippen molar-refractivity contribution < 1.29 is 14.3 Å². The second-order valence-electron chi connectivity index (χ2n) is 8.42. The van der Waals surface area contributed by atoms with Crippen LogP contribution in [0.4, 0.5) is 0 Å². The lowest BCUT2D eigenvalue weighted by molar-refractivity contribution is -0.123. The summed E-state index contributed by atoms with van der Waals surface area (Å²) in [6.07, 6.45) is 8.99. The fraction of sp³-hybridized carbons (Fsp3) is 0.636. The van der Waals surface area contributed by atoms with Gasteiger partial charge in [0.1, 0.15) is 5.75 Å². The van der Waals surface area contributed by atoms with Gasteiger partial charge in [-0.15, -0.1) is 0 Å². The Bertz CT molecular complexity index is 673. The van der Waals surface area contributed by atoms with Crippen LogP contribution in [0.25, 0.3) is 0 Å². The molecule has 2 amide bonds. The van der Waals surface area contributed by atoms with E-state index in [4.69, 9.17) is 4.74 Å². The molecule has 1 aromatic rings. The van der Waals surface area contributed by atoms with Crippen LogP contribution in [0.3, 0.4) is 0 Å². The highest BCUT2D eigenvalue weighted by molar-refractivity contribution is 5.82. The second kappa shape index (κ2) is 8.95. The summed E-state index contributed by atoms with van der Waals surface area (Å²) >= 11 is 0.